The smallest absolute Gasteiger partial charge is 0.254 e. The summed E-state index contributed by atoms with van der Waals surface area (Å²) in [4.78, 5) is 20.2. The first kappa shape index (κ1) is 11.2. The molecule has 0 fully saturated rings. The topological polar surface area (TPSA) is 61.0 Å². The Morgan fingerprint density at radius 2 is 2.00 bits per heavy atom. The normalized spacial score (nSPS) is 10.0. The fourth-order valence-corrected chi connectivity index (χ4v) is 1.52. The molecular formula is C12H14N4O. The molecule has 1 aromatic heterocycles. The number of hydrogen-bond donors (Lipinski definition) is 2. The first-order valence-corrected chi connectivity index (χ1v) is 5.28. The van der Waals surface area contributed by atoms with Gasteiger partial charge in [0.05, 0.1) is 0 Å². The Labute approximate surface area is 99.1 Å². The van der Waals surface area contributed by atoms with Crippen molar-refractivity contribution in [3.05, 3.63) is 46.8 Å². The second kappa shape index (κ2) is 4.69. The molecule has 0 amide bonds. The van der Waals surface area contributed by atoms with Crippen LogP contribution in [-0.4, -0.2) is 24.1 Å². The van der Waals surface area contributed by atoms with Crippen LogP contribution in [0.3, 0.4) is 0 Å². The first-order chi connectivity index (χ1) is 8.20. The Morgan fingerprint density at radius 3 is 2.65 bits per heavy atom. The molecule has 17 heavy (non-hydrogen) atoms. The zero-order valence-corrected chi connectivity index (χ0v) is 9.77. The number of aromatic nitrogens is 2. The van der Waals surface area contributed by atoms with Crippen molar-refractivity contribution < 1.29 is 0 Å². The molecule has 2 N–H and O–H groups in total. The monoisotopic (exact) mass is 230 g/mol. The van der Waals surface area contributed by atoms with Crippen molar-refractivity contribution in [2.75, 3.05) is 24.3 Å². The third-order valence-electron chi connectivity index (χ3n) is 2.45. The Morgan fingerprint density at radius 1 is 1.29 bits per heavy atom. The number of hydrogen-bond acceptors (Lipinski definition) is 4. The molecule has 0 atom stereocenters. The zero-order valence-electron chi connectivity index (χ0n) is 9.77. The maximum absolute atomic E-state index is 11.4. The van der Waals surface area contributed by atoms with Crippen LogP contribution in [0.25, 0.3) is 0 Å². The molecule has 0 spiro atoms. The largest absolute Gasteiger partial charge is 0.359 e. The number of nitrogens with one attached hydrogen (secondary N) is 2. The summed E-state index contributed by atoms with van der Waals surface area (Å²) in [6.07, 6.45) is 0. The van der Waals surface area contributed by atoms with E-state index < -0.39 is 0 Å². The molecule has 0 aliphatic heterocycles. The molecule has 2 aromatic rings. The van der Waals surface area contributed by atoms with E-state index in [2.05, 4.69) is 15.3 Å². The summed E-state index contributed by atoms with van der Waals surface area (Å²) in [5, 5.41) is 2.82. The Bertz CT molecular complexity index is 550. The van der Waals surface area contributed by atoms with Crippen LogP contribution in [0.2, 0.25) is 0 Å². The van der Waals surface area contributed by atoms with E-state index in [-0.39, 0.29) is 5.56 Å². The number of aromatic amines is 1. The van der Waals surface area contributed by atoms with Crippen molar-refractivity contribution in [3.8, 4) is 0 Å². The van der Waals surface area contributed by atoms with Crippen molar-refractivity contribution in [1.82, 2.24) is 9.97 Å². The molecule has 0 unspecified atom stereocenters. The third-order valence-corrected chi connectivity index (χ3v) is 2.45. The average molecular weight is 230 g/mol. The van der Waals surface area contributed by atoms with E-state index in [4.69, 9.17) is 0 Å². The van der Waals surface area contributed by atoms with Crippen LogP contribution >= 0.6 is 0 Å². The summed E-state index contributed by atoms with van der Waals surface area (Å²) in [6, 6.07) is 11.2. The third kappa shape index (κ3) is 2.44. The molecule has 0 bridgehead atoms. The number of anilines is 3. The van der Waals surface area contributed by atoms with E-state index in [0.717, 1.165) is 5.69 Å². The maximum atomic E-state index is 11.4. The van der Waals surface area contributed by atoms with Crippen LogP contribution < -0.4 is 15.8 Å². The summed E-state index contributed by atoms with van der Waals surface area (Å²) >= 11 is 0. The van der Waals surface area contributed by atoms with Crippen LogP contribution in [0.5, 0.6) is 0 Å². The van der Waals surface area contributed by atoms with Gasteiger partial charge in [-0.25, -0.2) is 0 Å². The second-order valence-corrected chi connectivity index (χ2v) is 3.60. The molecule has 2 rings (SSSR count). The van der Waals surface area contributed by atoms with Crippen LogP contribution in [0.1, 0.15) is 0 Å². The van der Waals surface area contributed by atoms with Crippen LogP contribution in [0.15, 0.2) is 41.2 Å². The SMILES string of the molecule is CNc1nc(N(C)c2ccccc2)cc(=O)[nH]1. The maximum Gasteiger partial charge on any atom is 0.254 e. The highest BCUT2D eigenvalue weighted by Crippen LogP contribution is 2.20. The van der Waals surface area contributed by atoms with Crippen molar-refractivity contribution >= 4 is 17.5 Å². The summed E-state index contributed by atoms with van der Waals surface area (Å²) in [7, 11) is 3.58. The summed E-state index contributed by atoms with van der Waals surface area (Å²) in [6.45, 7) is 0. The molecule has 1 aromatic carbocycles. The molecule has 88 valence electrons. The van der Waals surface area contributed by atoms with Gasteiger partial charge in [-0.05, 0) is 12.1 Å². The van der Waals surface area contributed by atoms with Gasteiger partial charge in [0, 0.05) is 25.8 Å². The molecule has 0 radical (unpaired) electrons. The molecular weight excluding hydrogens is 216 g/mol. The Balaban J connectivity index is 2.40. The minimum atomic E-state index is -0.179. The first-order valence-electron chi connectivity index (χ1n) is 5.28. The highest BCUT2D eigenvalue weighted by Gasteiger charge is 2.06. The Hall–Kier alpha value is -2.30. The van der Waals surface area contributed by atoms with Gasteiger partial charge < -0.3 is 10.2 Å². The molecule has 1 heterocycles. The predicted molar refractivity (Wildman–Crippen MR) is 68.9 cm³/mol. The lowest BCUT2D eigenvalue weighted by molar-refractivity contribution is 1.05. The van der Waals surface area contributed by atoms with Gasteiger partial charge in [-0.2, -0.15) is 4.98 Å². The summed E-state index contributed by atoms with van der Waals surface area (Å²) in [5.74, 6) is 1.06. The molecule has 0 aliphatic rings. The summed E-state index contributed by atoms with van der Waals surface area (Å²) < 4.78 is 0. The van der Waals surface area contributed by atoms with Crippen molar-refractivity contribution in [2.24, 2.45) is 0 Å². The van der Waals surface area contributed by atoms with Crippen molar-refractivity contribution in [2.45, 2.75) is 0 Å². The number of nitrogens with zero attached hydrogens (tertiary/aromatic N) is 2. The van der Waals surface area contributed by atoms with E-state index in [1.807, 2.05) is 42.3 Å². The quantitative estimate of drug-likeness (QED) is 0.840. The molecule has 0 saturated carbocycles. The molecule has 5 nitrogen and oxygen atoms in total. The average Bonchev–Trinajstić information content (AvgIpc) is 2.38. The number of H-pyrrole nitrogens is 1. The van der Waals surface area contributed by atoms with Crippen molar-refractivity contribution in [3.63, 3.8) is 0 Å². The number of rotatable bonds is 3. The van der Waals surface area contributed by atoms with Gasteiger partial charge in [-0.1, -0.05) is 18.2 Å². The van der Waals surface area contributed by atoms with Gasteiger partial charge in [0.1, 0.15) is 5.82 Å². The fraction of sp³-hybridized carbons (Fsp3) is 0.167. The molecule has 0 aliphatic carbocycles. The fourth-order valence-electron chi connectivity index (χ4n) is 1.52. The molecule has 0 saturated heterocycles. The van der Waals surface area contributed by atoms with Crippen LogP contribution in [-0.2, 0) is 0 Å². The van der Waals surface area contributed by atoms with E-state index in [9.17, 15) is 4.79 Å². The van der Waals surface area contributed by atoms with Gasteiger partial charge in [0.2, 0.25) is 5.95 Å². The van der Waals surface area contributed by atoms with Crippen LogP contribution in [0.4, 0.5) is 17.5 Å². The predicted octanol–water partition coefficient (Wildman–Crippen LogP) is 1.58. The van der Waals surface area contributed by atoms with Gasteiger partial charge in [0.15, 0.2) is 0 Å². The lowest BCUT2D eigenvalue weighted by Gasteiger charge is -2.18. The van der Waals surface area contributed by atoms with Gasteiger partial charge >= 0.3 is 0 Å². The molecule has 5 heteroatoms. The second-order valence-electron chi connectivity index (χ2n) is 3.60. The zero-order chi connectivity index (χ0) is 12.3. The minimum absolute atomic E-state index is 0.179. The van der Waals surface area contributed by atoms with E-state index in [0.29, 0.717) is 11.8 Å². The van der Waals surface area contributed by atoms with Gasteiger partial charge in [-0.15, -0.1) is 0 Å². The lowest BCUT2D eigenvalue weighted by atomic mass is 10.3. The highest BCUT2D eigenvalue weighted by molar-refractivity contribution is 5.59. The van der Waals surface area contributed by atoms with E-state index in [1.54, 1.807) is 7.05 Å². The van der Waals surface area contributed by atoms with Gasteiger partial charge in [-0.3, -0.25) is 9.78 Å². The standard InChI is InChI=1S/C12H14N4O/c1-13-12-14-10(8-11(17)15-12)16(2)9-6-4-3-5-7-9/h3-8H,1-2H3,(H2,13,14,15,17). The van der Waals surface area contributed by atoms with Crippen molar-refractivity contribution in [1.29, 1.82) is 0 Å². The van der Waals surface area contributed by atoms with Gasteiger partial charge in [0.25, 0.3) is 5.56 Å². The van der Waals surface area contributed by atoms with E-state index in [1.165, 1.54) is 6.07 Å². The van der Waals surface area contributed by atoms with Crippen LogP contribution in [0, 0.1) is 0 Å². The summed E-state index contributed by atoms with van der Waals surface area (Å²) in [5.41, 5.74) is 0.801. The number of benzene rings is 1. The number of para-hydroxylation sites is 1. The lowest BCUT2D eigenvalue weighted by Crippen LogP contribution is -2.17. The highest BCUT2D eigenvalue weighted by atomic mass is 16.1. The minimum Gasteiger partial charge on any atom is -0.359 e. The van der Waals surface area contributed by atoms with E-state index >= 15 is 0 Å². The Kier molecular flexibility index (Phi) is 3.09.